The first-order chi connectivity index (χ1) is 10.6. The van der Waals surface area contributed by atoms with Crippen molar-refractivity contribution in [3.63, 3.8) is 0 Å². The summed E-state index contributed by atoms with van der Waals surface area (Å²) in [7, 11) is 0. The molecule has 0 aliphatic heterocycles. The second kappa shape index (κ2) is 6.15. The Morgan fingerprint density at radius 3 is 2.45 bits per heavy atom. The molecule has 2 aromatic carbocycles. The molecular formula is C16H11ClF2N2O. The van der Waals surface area contributed by atoms with Gasteiger partial charge in [-0.3, -0.25) is 4.68 Å². The van der Waals surface area contributed by atoms with Gasteiger partial charge in [-0.05, 0) is 29.3 Å². The summed E-state index contributed by atoms with van der Waals surface area (Å²) < 4.78 is 32.4. The van der Waals surface area contributed by atoms with E-state index in [1.54, 1.807) is 16.8 Å². The van der Waals surface area contributed by atoms with Crippen LogP contribution in [0.25, 0.3) is 10.9 Å². The van der Waals surface area contributed by atoms with Crippen molar-refractivity contribution in [1.29, 1.82) is 0 Å². The van der Waals surface area contributed by atoms with Gasteiger partial charge in [0, 0.05) is 0 Å². The summed E-state index contributed by atoms with van der Waals surface area (Å²) in [6, 6.07) is 15.3. The summed E-state index contributed by atoms with van der Waals surface area (Å²) in [6.45, 7) is 0.486. The lowest BCUT2D eigenvalue weighted by Gasteiger charge is -2.03. The summed E-state index contributed by atoms with van der Waals surface area (Å²) >= 11 is 4.94. The molecule has 0 unspecified atom stereocenters. The third-order valence-electron chi connectivity index (χ3n) is 3.13. The number of fused-ring (bicyclic) bond motifs is 1. The van der Waals surface area contributed by atoms with Crippen molar-refractivity contribution >= 4 is 22.5 Å². The number of rotatable bonds is 4. The fourth-order valence-corrected chi connectivity index (χ4v) is 2.21. The van der Waals surface area contributed by atoms with Crippen molar-refractivity contribution in [2.45, 2.75) is 6.54 Å². The number of hydrogen-bond acceptors (Lipinski definition) is 2. The first-order valence-corrected chi connectivity index (χ1v) is 6.91. The van der Waals surface area contributed by atoms with Crippen LogP contribution in [-0.4, -0.2) is 9.78 Å². The van der Waals surface area contributed by atoms with Crippen molar-refractivity contribution in [3.8, 4) is 5.88 Å². The van der Waals surface area contributed by atoms with Crippen molar-refractivity contribution in [2.24, 2.45) is 0 Å². The number of halogens is 3. The van der Waals surface area contributed by atoms with Crippen LogP contribution < -0.4 is 4.74 Å². The lowest BCUT2D eigenvalue weighted by atomic mass is 10.2. The average molecular weight is 321 g/mol. The minimum Gasteiger partial charge on any atom is -0.407 e. The van der Waals surface area contributed by atoms with E-state index in [0.717, 1.165) is 11.1 Å². The molecule has 0 saturated carbocycles. The van der Waals surface area contributed by atoms with Crippen LogP contribution in [0.2, 0.25) is 0 Å². The Bertz CT molecular complexity index is 827. The Balaban J connectivity index is 2.02. The fourth-order valence-electron chi connectivity index (χ4n) is 2.17. The van der Waals surface area contributed by atoms with Gasteiger partial charge in [-0.1, -0.05) is 42.5 Å². The van der Waals surface area contributed by atoms with Crippen LogP contribution in [-0.2, 0) is 6.54 Å². The van der Waals surface area contributed by atoms with Gasteiger partial charge in [0.1, 0.15) is 0 Å². The van der Waals surface area contributed by atoms with Crippen molar-refractivity contribution in [3.05, 3.63) is 71.5 Å². The van der Waals surface area contributed by atoms with E-state index in [2.05, 4.69) is 5.10 Å². The molecule has 3 rings (SSSR count). The largest absolute Gasteiger partial charge is 0.407 e. The molecule has 0 aliphatic carbocycles. The second-order valence-corrected chi connectivity index (χ2v) is 4.93. The van der Waals surface area contributed by atoms with E-state index < -0.39 is 11.3 Å². The number of nitrogens with zero attached hydrogens (tertiary/aromatic N) is 2. The fraction of sp³-hybridized carbons (Fsp3) is 0.0625. The van der Waals surface area contributed by atoms with Gasteiger partial charge in [0.25, 0.3) is 5.29 Å². The molecule has 0 saturated heterocycles. The molecule has 0 amide bonds. The van der Waals surface area contributed by atoms with Crippen LogP contribution in [0.15, 0.2) is 65.9 Å². The van der Waals surface area contributed by atoms with Gasteiger partial charge in [-0.25, -0.2) is 0 Å². The molecule has 112 valence electrons. The van der Waals surface area contributed by atoms with Crippen molar-refractivity contribution in [2.75, 3.05) is 0 Å². The monoisotopic (exact) mass is 320 g/mol. The summed E-state index contributed by atoms with van der Waals surface area (Å²) in [5, 5.41) is 3.24. The highest BCUT2D eigenvalue weighted by Crippen LogP contribution is 2.28. The van der Waals surface area contributed by atoms with Gasteiger partial charge in [0.2, 0.25) is 5.88 Å². The highest BCUT2D eigenvalue weighted by molar-refractivity contribution is 6.28. The maximum atomic E-state index is 13.3. The van der Waals surface area contributed by atoms with E-state index in [4.69, 9.17) is 16.3 Å². The molecular weight excluding hydrogens is 310 g/mol. The van der Waals surface area contributed by atoms with Crippen LogP contribution in [0.4, 0.5) is 8.78 Å². The molecule has 1 heterocycles. The van der Waals surface area contributed by atoms with E-state index in [1.165, 1.54) is 0 Å². The lowest BCUT2D eigenvalue weighted by molar-refractivity contribution is 0.277. The zero-order chi connectivity index (χ0) is 15.5. The topological polar surface area (TPSA) is 27.1 Å². The zero-order valence-corrected chi connectivity index (χ0v) is 12.1. The molecule has 0 spiro atoms. The molecule has 0 N–H and O–H groups in total. The molecule has 0 fully saturated rings. The summed E-state index contributed by atoms with van der Waals surface area (Å²) in [4.78, 5) is 0. The Labute approximate surface area is 130 Å². The van der Waals surface area contributed by atoms with Gasteiger partial charge in [-0.2, -0.15) is 8.78 Å². The predicted octanol–water partition coefficient (Wildman–Crippen LogP) is 4.77. The Kier molecular flexibility index (Phi) is 4.06. The highest BCUT2D eigenvalue weighted by atomic mass is 35.5. The van der Waals surface area contributed by atoms with Gasteiger partial charge >= 0.3 is 6.01 Å². The molecule has 0 aliphatic rings. The van der Waals surface area contributed by atoms with Gasteiger partial charge in [0.05, 0.1) is 17.4 Å². The first kappa shape index (κ1) is 14.5. The van der Waals surface area contributed by atoms with Crippen LogP contribution in [0.1, 0.15) is 5.56 Å². The minimum absolute atomic E-state index is 0.0279. The maximum absolute atomic E-state index is 13.3. The SMILES string of the molecule is FC(Cl)=C(F)Oc1nn(Cc2ccccc2)c2ccccc12. The third kappa shape index (κ3) is 2.94. The van der Waals surface area contributed by atoms with Gasteiger partial charge in [-0.15, -0.1) is 5.10 Å². The van der Waals surface area contributed by atoms with E-state index in [1.807, 2.05) is 42.5 Å². The molecule has 0 atom stereocenters. The normalized spacial score (nSPS) is 12.3. The third-order valence-corrected chi connectivity index (χ3v) is 3.28. The minimum atomic E-state index is -1.54. The second-order valence-electron chi connectivity index (χ2n) is 4.60. The van der Waals surface area contributed by atoms with Gasteiger partial charge < -0.3 is 4.74 Å². The smallest absolute Gasteiger partial charge is 0.328 e. The van der Waals surface area contributed by atoms with Crippen LogP contribution in [0.3, 0.4) is 0 Å². The number of ether oxygens (including phenoxy) is 1. The molecule has 6 heteroatoms. The highest BCUT2D eigenvalue weighted by Gasteiger charge is 2.15. The van der Waals surface area contributed by atoms with Crippen LogP contribution in [0, 0.1) is 0 Å². The maximum Gasteiger partial charge on any atom is 0.328 e. The lowest BCUT2D eigenvalue weighted by Crippen LogP contribution is -2.02. The summed E-state index contributed by atoms with van der Waals surface area (Å²) in [6.07, 6.45) is 0. The van der Waals surface area contributed by atoms with E-state index in [9.17, 15) is 8.78 Å². The van der Waals surface area contributed by atoms with Crippen LogP contribution in [0.5, 0.6) is 5.88 Å². The van der Waals surface area contributed by atoms with E-state index in [0.29, 0.717) is 11.9 Å². The van der Waals surface area contributed by atoms with Crippen LogP contribution >= 0.6 is 11.6 Å². The Morgan fingerprint density at radius 1 is 1.05 bits per heavy atom. The quantitative estimate of drug-likeness (QED) is 0.648. The number of hydrogen-bond donors (Lipinski definition) is 0. The number of benzene rings is 2. The van der Waals surface area contributed by atoms with Crippen molar-refractivity contribution in [1.82, 2.24) is 9.78 Å². The number of aromatic nitrogens is 2. The van der Waals surface area contributed by atoms with E-state index in [-0.39, 0.29) is 5.88 Å². The van der Waals surface area contributed by atoms with Gasteiger partial charge in [0.15, 0.2) is 0 Å². The Hall–Kier alpha value is -2.40. The van der Waals surface area contributed by atoms with E-state index >= 15 is 0 Å². The number of para-hydroxylation sites is 1. The molecule has 0 radical (unpaired) electrons. The molecule has 3 aromatic rings. The summed E-state index contributed by atoms with van der Waals surface area (Å²) in [5.74, 6) is -0.0279. The first-order valence-electron chi connectivity index (χ1n) is 6.53. The molecule has 22 heavy (non-hydrogen) atoms. The standard InChI is InChI=1S/C16H11ClF2N2O/c17-14(18)15(19)22-16-12-8-4-5-9-13(12)21(20-16)10-11-6-2-1-3-7-11/h1-9H,10H2. The average Bonchev–Trinajstić information content (AvgIpc) is 2.86. The Morgan fingerprint density at radius 2 is 1.73 bits per heavy atom. The molecule has 1 aromatic heterocycles. The predicted molar refractivity (Wildman–Crippen MR) is 81.0 cm³/mol. The summed E-state index contributed by atoms with van der Waals surface area (Å²) in [5.41, 5.74) is 1.78. The molecule has 0 bridgehead atoms. The molecule has 3 nitrogen and oxygen atoms in total. The zero-order valence-electron chi connectivity index (χ0n) is 11.3. The van der Waals surface area contributed by atoms with Crippen molar-refractivity contribution < 1.29 is 13.5 Å².